The second kappa shape index (κ2) is 10.8. The standard InChI is InChI=1S/C21H29Br/c22-18-11-7-5-3-1-2-4-6-8-13-20-16-12-17-21(20)19-14-9-10-15-19/h9-10,12,14-17H,1-8,11,13,18H2. The van der Waals surface area contributed by atoms with Gasteiger partial charge in [0.1, 0.15) is 0 Å². The molecule has 0 atom stereocenters. The van der Waals surface area contributed by atoms with Crippen molar-refractivity contribution in [2.75, 3.05) is 5.33 Å². The van der Waals surface area contributed by atoms with Crippen molar-refractivity contribution in [1.82, 2.24) is 0 Å². The molecule has 0 amide bonds. The van der Waals surface area contributed by atoms with Crippen LogP contribution in [0.1, 0.15) is 64.2 Å². The SMILES string of the molecule is BrCCCCCCCCCCCC1=CC=CC1=C1C=CC=C1. The average Bonchev–Trinajstić information content (AvgIpc) is 3.19. The summed E-state index contributed by atoms with van der Waals surface area (Å²) in [5.74, 6) is 0. The second-order valence-electron chi connectivity index (χ2n) is 6.26. The molecule has 0 radical (unpaired) electrons. The van der Waals surface area contributed by atoms with Crippen LogP contribution in [0.2, 0.25) is 0 Å². The zero-order chi connectivity index (χ0) is 15.5. The number of hydrogen-bond acceptors (Lipinski definition) is 0. The van der Waals surface area contributed by atoms with Crippen LogP contribution in [0, 0.1) is 0 Å². The fraction of sp³-hybridized carbons (Fsp3) is 0.524. The molecule has 0 unspecified atom stereocenters. The van der Waals surface area contributed by atoms with Crippen LogP contribution in [0.15, 0.2) is 59.3 Å². The summed E-state index contributed by atoms with van der Waals surface area (Å²) in [6.07, 6.45) is 29.2. The van der Waals surface area contributed by atoms with Gasteiger partial charge in [-0.2, -0.15) is 0 Å². The van der Waals surface area contributed by atoms with Crippen LogP contribution in [0.4, 0.5) is 0 Å². The molecule has 120 valence electrons. The molecule has 0 aromatic heterocycles. The first-order valence-electron chi connectivity index (χ1n) is 8.94. The lowest BCUT2D eigenvalue weighted by molar-refractivity contribution is 0.566. The summed E-state index contributed by atoms with van der Waals surface area (Å²) >= 11 is 3.49. The fourth-order valence-corrected chi connectivity index (χ4v) is 3.55. The summed E-state index contributed by atoms with van der Waals surface area (Å²) in [7, 11) is 0. The zero-order valence-corrected chi connectivity index (χ0v) is 15.3. The normalized spacial score (nSPS) is 16.1. The monoisotopic (exact) mass is 360 g/mol. The van der Waals surface area contributed by atoms with Gasteiger partial charge in [0.25, 0.3) is 0 Å². The van der Waals surface area contributed by atoms with Crippen LogP contribution in [0.25, 0.3) is 0 Å². The largest absolute Gasteiger partial charge is 0.0928 e. The topological polar surface area (TPSA) is 0 Å². The molecule has 0 aromatic rings. The number of rotatable bonds is 11. The Hall–Kier alpha value is -0.820. The van der Waals surface area contributed by atoms with E-state index in [9.17, 15) is 0 Å². The molecule has 0 aromatic carbocycles. The average molecular weight is 361 g/mol. The Morgan fingerprint density at radius 1 is 0.636 bits per heavy atom. The molecule has 0 spiro atoms. The van der Waals surface area contributed by atoms with Crippen molar-refractivity contribution in [2.24, 2.45) is 0 Å². The third-order valence-electron chi connectivity index (χ3n) is 4.46. The minimum Gasteiger partial charge on any atom is -0.0928 e. The van der Waals surface area contributed by atoms with Crippen molar-refractivity contribution in [1.29, 1.82) is 0 Å². The Balaban J connectivity index is 1.52. The minimum atomic E-state index is 1.17. The van der Waals surface area contributed by atoms with Crippen LogP contribution < -0.4 is 0 Å². The molecule has 0 aliphatic heterocycles. The molecule has 2 rings (SSSR count). The lowest BCUT2D eigenvalue weighted by Gasteiger charge is -2.07. The molecule has 22 heavy (non-hydrogen) atoms. The Morgan fingerprint density at radius 3 is 1.86 bits per heavy atom. The van der Waals surface area contributed by atoms with Gasteiger partial charge >= 0.3 is 0 Å². The van der Waals surface area contributed by atoms with Gasteiger partial charge in [-0.25, -0.2) is 0 Å². The summed E-state index contributed by atoms with van der Waals surface area (Å²) in [6, 6.07) is 0. The van der Waals surface area contributed by atoms with Gasteiger partial charge in [-0.1, -0.05) is 103 Å². The van der Waals surface area contributed by atoms with Crippen molar-refractivity contribution in [3.63, 3.8) is 0 Å². The van der Waals surface area contributed by atoms with E-state index in [0.29, 0.717) is 0 Å². The maximum atomic E-state index is 3.49. The van der Waals surface area contributed by atoms with Crippen molar-refractivity contribution in [3.8, 4) is 0 Å². The number of halogens is 1. The Morgan fingerprint density at radius 2 is 1.23 bits per heavy atom. The quantitative estimate of drug-likeness (QED) is 0.270. The number of unbranched alkanes of at least 4 members (excludes halogenated alkanes) is 8. The molecule has 0 heterocycles. The highest BCUT2D eigenvalue weighted by molar-refractivity contribution is 9.09. The molecular weight excluding hydrogens is 332 g/mol. The first-order valence-corrected chi connectivity index (χ1v) is 10.1. The predicted octanol–water partition coefficient (Wildman–Crippen LogP) is 7.20. The molecule has 0 N–H and O–H groups in total. The highest BCUT2D eigenvalue weighted by Crippen LogP contribution is 2.29. The van der Waals surface area contributed by atoms with Crippen molar-refractivity contribution in [3.05, 3.63) is 59.3 Å². The first-order chi connectivity index (χ1) is 10.9. The van der Waals surface area contributed by atoms with Gasteiger partial charge in [0.2, 0.25) is 0 Å². The Bertz CT molecular complexity index is 460. The van der Waals surface area contributed by atoms with Gasteiger partial charge in [0, 0.05) is 5.33 Å². The Kier molecular flexibility index (Phi) is 8.63. The third kappa shape index (κ3) is 6.12. The lowest BCUT2D eigenvalue weighted by Crippen LogP contribution is -1.89. The predicted molar refractivity (Wildman–Crippen MR) is 102 cm³/mol. The maximum absolute atomic E-state index is 3.49. The number of alkyl halides is 1. The van der Waals surface area contributed by atoms with E-state index in [1.807, 2.05) is 0 Å². The van der Waals surface area contributed by atoms with Crippen molar-refractivity contribution < 1.29 is 0 Å². The summed E-state index contributed by atoms with van der Waals surface area (Å²) in [6.45, 7) is 0. The van der Waals surface area contributed by atoms with Gasteiger partial charge in [-0.3, -0.25) is 0 Å². The number of allylic oxidation sites excluding steroid dienone is 10. The molecule has 0 saturated heterocycles. The van der Waals surface area contributed by atoms with E-state index in [4.69, 9.17) is 0 Å². The smallest absolute Gasteiger partial charge is 0.00313 e. The van der Waals surface area contributed by atoms with Crippen LogP contribution >= 0.6 is 15.9 Å². The second-order valence-corrected chi connectivity index (χ2v) is 7.05. The van der Waals surface area contributed by atoms with E-state index in [1.165, 1.54) is 86.3 Å². The summed E-state index contributed by atoms with van der Waals surface area (Å²) in [5, 5.41) is 1.17. The van der Waals surface area contributed by atoms with Gasteiger partial charge in [0.05, 0.1) is 0 Å². The summed E-state index contributed by atoms with van der Waals surface area (Å²) in [4.78, 5) is 0. The zero-order valence-electron chi connectivity index (χ0n) is 13.7. The first kappa shape index (κ1) is 17.5. The van der Waals surface area contributed by atoms with Crippen LogP contribution in [0.3, 0.4) is 0 Å². The molecule has 0 fully saturated rings. The summed E-state index contributed by atoms with van der Waals surface area (Å²) in [5.41, 5.74) is 4.35. The Labute approximate surface area is 144 Å². The molecule has 2 aliphatic carbocycles. The van der Waals surface area contributed by atoms with Crippen molar-refractivity contribution in [2.45, 2.75) is 64.2 Å². The maximum Gasteiger partial charge on any atom is 0.00313 e. The third-order valence-corrected chi connectivity index (χ3v) is 5.02. The van der Waals surface area contributed by atoms with E-state index >= 15 is 0 Å². The lowest BCUT2D eigenvalue weighted by atomic mass is 9.98. The van der Waals surface area contributed by atoms with Crippen LogP contribution in [-0.4, -0.2) is 5.33 Å². The highest BCUT2D eigenvalue weighted by Gasteiger charge is 2.10. The molecular formula is C21H29Br. The number of hydrogen-bond donors (Lipinski definition) is 0. The van der Waals surface area contributed by atoms with Gasteiger partial charge < -0.3 is 0 Å². The molecule has 0 nitrogen and oxygen atoms in total. The fourth-order valence-electron chi connectivity index (χ4n) is 3.16. The van der Waals surface area contributed by atoms with Crippen LogP contribution in [0.5, 0.6) is 0 Å². The van der Waals surface area contributed by atoms with E-state index in [2.05, 4.69) is 58.5 Å². The van der Waals surface area contributed by atoms with E-state index in [1.54, 1.807) is 0 Å². The van der Waals surface area contributed by atoms with Gasteiger partial charge in [-0.15, -0.1) is 0 Å². The van der Waals surface area contributed by atoms with E-state index < -0.39 is 0 Å². The van der Waals surface area contributed by atoms with Crippen molar-refractivity contribution >= 4 is 15.9 Å². The minimum absolute atomic E-state index is 1.17. The molecule has 0 saturated carbocycles. The molecule has 2 aliphatic rings. The summed E-state index contributed by atoms with van der Waals surface area (Å²) < 4.78 is 0. The molecule has 0 bridgehead atoms. The van der Waals surface area contributed by atoms with E-state index in [0.717, 1.165) is 0 Å². The molecule has 1 heteroatoms. The van der Waals surface area contributed by atoms with Crippen LogP contribution in [-0.2, 0) is 0 Å². The van der Waals surface area contributed by atoms with E-state index in [-0.39, 0.29) is 0 Å². The highest BCUT2D eigenvalue weighted by atomic mass is 79.9. The van der Waals surface area contributed by atoms with Gasteiger partial charge in [-0.05, 0) is 36.0 Å². The van der Waals surface area contributed by atoms with Gasteiger partial charge in [0.15, 0.2) is 0 Å².